The highest BCUT2D eigenvalue weighted by Crippen LogP contribution is 2.11. The molecule has 1 aromatic carbocycles. The zero-order chi connectivity index (χ0) is 13.5. The Kier molecular flexibility index (Phi) is 4.86. The molecule has 2 rings (SSSR count). The largest absolute Gasteiger partial charge is 0.337 e. The lowest BCUT2D eigenvalue weighted by atomic mass is 10.2. The van der Waals surface area contributed by atoms with E-state index in [0.717, 1.165) is 31.0 Å². The molecule has 4 nitrogen and oxygen atoms in total. The first-order chi connectivity index (χ1) is 9.33. The molecule has 0 atom stereocenters. The van der Waals surface area contributed by atoms with E-state index >= 15 is 0 Å². The van der Waals surface area contributed by atoms with Crippen LogP contribution in [0.4, 0.5) is 5.95 Å². The predicted octanol–water partition coefficient (Wildman–Crippen LogP) is 2.00. The van der Waals surface area contributed by atoms with Crippen molar-refractivity contribution in [1.29, 1.82) is 0 Å². The highest BCUT2D eigenvalue weighted by molar-refractivity contribution is 5.32. The quantitative estimate of drug-likeness (QED) is 0.859. The number of hydrogen-bond donors (Lipinski definition) is 1. The maximum Gasteiger partial charge on any atom is 0.225 e. The first-order valence-electron chi connectivity index (χ1n) is 6.63. The van der Waals surface area contributed by atoms with Gasteiger partial charge in [0.15, 0.2) is 0 Å². The number of rotatable bonds is 6. The monoisotopic (exact) mass is 256 g/mol. The van der Waals surface area contributed by atoms with Crippen LogP contribution < -0.4 is 10.6 Å². The van der Waals surface area contributed by atoms with Crippen LogP contribution in [0.5, 0.6) is 0 Å². The number of nitrogens with zero attached hydrogens (tertiary/aromatic N) is 3. The average molecular weight is 256 g/mol. The Bertz CT molecular complexity index is 481. The molecule has 1 heterocycles. The topological polar surface area (TPSA) is 55.0 Å². The molecular formula is C15H20N4. The van der Waals surface area contributed by atoms with Crippen molar-refractivity contribution in [2.24, 2.45) is 5.73 Å². The number of nitrogens with two attached hydrogens (primary N) is 1. The van der Waals surface area contributed by atoms with Crippen LogP contribution >= 0.6 is 0 Å². The zero-order valence-corrected chi connectivity index (χ0v) is 11.3. The van der Waals surface area contributed by atoms with Gasteiger partial charge in [0.2, 0.25) is 5.95 Å². The van der Waals surface area contributed by atoms with Gasteiger partial charge in [-0.15, -0.1) is 0 Å². The lowest BCUT2D eigenvalue weighted by molar-refractivity contribution is 0.786. The van der Waals surface area contributed by atoms with Crippen LogP contribution in [0.1, 0.15) is 18.1 Å². The summed E-state index contributed by atoms with van der Waals surface area (Å²) in [5.41, 5.74) is 7.87. The molecule has 2 aromatic rings. The molecule has 1 aromatic heterocycles. The van der Waals surface area contributed by atoms with Crippen molar-refractivity contribution in [2.75, 3.05) is 18.0 Å². The second-order valence-corrected chi connectivity index (χ2v) is 4.43. The third-order valence-corrected chi connectivity index (χ3v) is 3.01. The fraction of sp³-hybridized carbons (Fsp3) is 0.333. The average Bonchev–Trinajstić information content (AvgIpc) is 2.47. The minimum Gasteiger partial charge on any atom is -0.337 e. The third-order valence-electron chi connectivity index (χ3n) is 3.01. The maximum atomic E-state index is 5.52. The van der Waals surface area contributed by atoms with E-state index in [1.165, 1.54) is 5.56 Å². The highest BCUT2D eigenvalue weighted by Gasteiger charge is 2.07. The Morgan fingerprint density at radius 2 is 1.74 bits per heavy atom. The van der Waals surface area contributed by atoms with E-state index in [9.17, 15) is 0 Å². The van der Waals surface area contributed by atoms with E-state index in [4.69, 9.17) is 5.73 Å². The molecule has 0 aliphatic carbocycles. The molecule has 0 aliphatic heterocycles. The summed E-state index contributed by atoms with van der Waals surface area (Å²) in [7, 11) is 0. The third kappa shape index (κ3) is 3.76. The Morgan fingerprint density at radius 3 is 2.32 bits per heavy atom. The number of anilines is 1. The van der Waals surface area contributed by atoms with Gasteiger partial charge in [-0.3, -0.25) is 0 Å². The molecule has 0 saturated carbocycles. The summed E-state index contributed by atoms with van der Waals surface area (Å²) >= 11 is 0. The minimum atomic E-state index is 0.629. The van der Waals surface area contributed by atoms with E-state index < -0.39 is 0 Å². The van der Waals surface area contributed by atoms with Crippen LogP contribution in [0.15, 0.2) is 42.7 Å². The highest BCUT2D eigenvalue weighted by atomic mass is 15.2. The molecular weight excluding hydrogens is 236 g/mol. The molecule has 0 spiro atoms. The van der Waals surface area contributed by atoms with E-state index in [2.05, 4.69) is 33.9 Å². The van der Waals surface area contributed by atoms with Crippen LogP contribution in [0.3, 0.4) is 0 Å². The van der Waals surface area contributed by atoms with E-state index in [1.54, 1.807) is 0 Å². The minimum absolute atomic E-state index is 0.629. The van der Waals surface area contributed by atoms with Gasteiger partial charge in [-0.05, 0) is 31.0 Å². The predicted molar refractivity (Wildman–Crippen MR) is 78.0 cm³/mol. The fourth-order valence-electron chi connectivity index (χ4n) is 1.93. The van der Waals surface area contributed by atoms with E-state index in [1.807, 2.05) is 30.6 Å². The van der Waals surface area contributed by atoms with Gasteiger partial charge in [-0.2, -0.15) is 0 Å². The summed E-state index contributed by atoms with van der Waals surface area (Å²) < 4.78 is 0. The van der Waals surface area contributed by atoms with E-state index in [-0.39, 0.29) is 0 Å². The molecule has 19 heavy (non-hydrogen) atoms. The Morgan fingerprint density at radius 1 is 1.05 bits per heavy atom. The summed E-state index contributed by atoms with van der Waals surface area (Å²) in [6.07, 6.45) is 4.55. The molecule has 0 aliphatic rings. The number of benzene rings is 1. The molecule has 0 fully saturated rings. The van der Waals surface area contributed by atoms with Crippen molar-refractivity contribution in [1.82, 2.24) is 9.97 Å². The van der Waals surface area contributed by atoms with Gasteiger partial charge >= 0.3 is 0 Å². The Labute approximate surface area is 114 Å². The van der Waals surface area contributed by atoms with Crippen molar-refractivity contribution in [3.8, 4) is 0 Å². The van der Waals surface area contributed by atoms with Gasteiger partial charge in [-0.1, -0.05) is 30.3 Å². The maximum absolute atomic E-state index is 5.52. The number of hydrogen-bond acceptors (Lipinski definition) is 4. The van der Waals surface area contributed by atoms with Gasteiger partial charge in [-0.25, -0.2) is 9.97 Å². The van der Waals surface area contributed by atoms with Crippen LogP contribution in [-0.4, -0.2) is 23.1 Å². The second-order valence-electron chi connectivity index (χ2n) is 4.43. The molecule has 2 N–H and O–H groups in total. The van der Waals surface area contributed by atoms with Gasteiger partial charge < -0.3 is 10.6 Å². The lowest BCUT2D eigenvalue weighted by Crippen LogP contribution is -2.24. The van der Waals surface area contributed by atoms with Gasteiger partial charge in [0, 0.05) is 25.5 Å². The molecule has 0 radical (unpaired) electrons. The standard InChI is InChI=1S/C15H20N4/c1-2-19(12-13-6-4-3-5-7-13)15-17-10-14(8-9-16)11-18-15/h3-7,10-11H,2,8-9,12,16H2,1H3. The van der Waals surface area contributed by atoms with Crippen molar-refractivity contribution < 1.29 is 0 Å². The first kappa shape index (κ1) is 13.5. The summed E-state index contributed by atoms with van der Waals surface area (Å²) in [6.45, 7) is 4.45. The Hall–Kier alpha value is -1.94. The van der Waals surface area contributed by atoms with Crippen molar-refractivity contribution in [2.45, 2.75) is 19.9 Å². The summed E-state index contributed by atoms with van der Waals surface area (Å²) in [6, 6.07) is 10.4. The summed E-state index contributed by atoms with van der Waals surface area (Å²) in [5, 5.41) is 0. The smallest absolute Gasteiger partial charge is 0.225 e. The number of aromatic nitrogens is 2. The molecule has 0 unspecified atom stereocenters. The Balaban J connectivity index is 2.08. The molecule has 0 amide bonds. The van der Waals surface area contributed by atoms with Crippen molar-refractivity contribution in [3.63, 3.8) is 0 Å². The van der Waals surface area contributed by atoms with E-state index in [0.29, 0.717) is 6.54 Å². The summed E-state index contributed by atoms with van der Waals surface area (Å²) in [4.78, 5) is 11.0. The summed E-state index contributed by atoms with van der Waals surface area (Å²) in [5.74, 6) is 0.770. The molecule has 0 saturated heterocycles. The molecule has 100 valence electrons. The van der Waals surface area contributed by atoms with Crippen LogP contribution in [-0.2, 0) is 13.0 Å². The van der Waals surface area contributed by atoms with Crippen molar-refractivity contribution in [3.05, 3.63) is 53.9 Å². The normalized spacial score (nSPS) is 10.4. The SMILES string of the molecule is CCN(Cc1ccccc1)c1ncc(CCN)cn1. The van der Waals surface area contributed by atoms with Crippen LogP contribution in [0.25, 0.3) is 0 Å². The van der Waals surface area contributed by atoms with Crippen LogP contribution in [0, 0.1) is 0 Å². The lowest BCUT2D eigenvalue weighted by Gasteiger charge is -2.20. The zero-order valence-electron chi connectivity index (χ0n) is 11.3. The van der Waals surface area contributed by atoms with Gasteiger partial charge in [0.25, 0.3) is 0 Å². The van der Waals surface area contributed by atoms with Gasteiger partial charge in [0.05, 0.1) is 0 Å². The molecule has 4 heteroatoms. The van der Waals surface area contributed by atoms with Crippen molar-refractivity contribution >= 4 is 5.95 Å². The fourth-order valence-corrected chi connectivity index (χ4v) is 1.93. The first-order valence-corrected chi connectivity index (χ1v) is 6.63. The van der Waals surface area contributed by atoms with Crippen LogP contribution in [0.2, 0.25) is 0 Å². The molecule has 0 bridgehead atoms. The van der Waals surface area contributed by atoms with Gasteiger partial charge in [0.1, 0.15) is 0 Å². The second kappa shape index (κ2) is 6.85.